The van der Waals surface area contributed by atoms with Crippen molar-refractivity contribution in [1.82, 2.24) is 14.8 Å². The van der Waals surface area contributed by atoms with E-state index in [1.165, 1.54) is 0 Å². The number of H-pyrrole nitrogens is 1. The fourth-order valence-electron chi connectivity index (χ4n) is 5.77. The minimum atomic E-state index is -1.09. The van der Waals surface area contributed by atoms with Crippen LogP contribution in [0.25, 0.3) is 10.9 Å². The molecular formula is C29H25BrClN3O2. The van der Waals surface area contributed by atoms with Gasteiger partial charge in [-0.25, -0.2) is 0 Å². The molecule has 0 bridgehead atoms. The van der Waals surface area contributed by atoms with Crippen molar-refractivity contribution in [1.29, 1.82) is 0 Å². The van der Waals surface area contributed by atoms with Crippen LogP contribution in [0.15, 0.2) is 77.3 Å². The summed E-state index contributed by atoms with van der Waals surface area (Å²) >= 11 is 9.55. The second kappa shape index (κ2) is 8.79. The summed E-state index contributed by atoms with van der Waals surface area (Å²) in [6.07, 6.45) is 0.660. The third kappa shape index (κ3) is 3.66. The number of para-hydroxylation sites is 1. The van der Waals surface area contributed by atoms with Gasteiger partial charge < -0.3 is 14.8 Å². The van der Waals surface area contributed by atoms with Gasteiger partial charge in [-0.1, -0.05) is 70.0 Å². The Bertz CT molecular complexity index is 1480. The predicted octanol–water partition coefficient (Wildman–Crippen LogP) is 5.86. The Labute approximate surface area is 223 Å². The molecule has 2 amide bonds. The average Bonchev–Trinajstić information content (AvgIpc) is 3.28. The third-order valence-electron chi connectivity index (χ3n) is 7.67. The minimum absolute atomic E-state index is 0.0281. The number of fused-ring (bicyclic) bond motifs is 5. The highest BCUT2D eigenvalue weighted by Gasteiger charge is 2.56. The van der Waals surface area contributed by atoms with Crippen LogP contribution in [0.1, 0.15) is 35.2 Å². The zero-order chi connectivity index (χ0) is 25.0. The standard InChI is InChI=1S/C29H25BrClN3O2/c1-29-27-26(22-4-2-3-5-24(22)32-27)23(19-8-10-20(30)11-9-19)16-34(29)25(35)17-33(28(29)36)15-14-18-6-12-21(31)13-7-18/h2-13,23,32H,14-17H2,1H3/t23?,29-/m0/s1. The molecule has 2 aliphatic rings. The molecule has 36 heavy (non-hydrogen) atoms. The Hall–Kier alpha value is -3.09. The van der Waals surface area contributed by atoms with E-state index in [0.717, 1.165) is 37.8 Å². The highest BCUT2D eigenvalue weighted by Crippen LogP contribution is 2.48. The van der Waals surface area contributed by atoms with E-state index in [9.17, 15) is 9.59 Å². The molecule has 7 heteroatoms. The van der Waals surface area contributed by atoms with Crippen LogP contribution in [-0.4, -0.2) is 46.2 Å². The molecule has 2 aliphatic heterocycles. The Morgan fingerprint density at radius 2 is 1.75 bits per heavy atom. The number of rotatable bonds is 4. The maximum atomic E-state index is 14.1. The van der Waals surface area contributed by atoms with Crippen LogP contribution < -0.4 is 0 Å². The van der Waals surface area contributed by atoms with Crippen molar-refractivity contribution in [3.05, 3.63) is 105 Å². The van der Waals surface area contributed by atoms with Crippen molar-refractivity contribution in [2.75, 3.05) is 19.6 Å². The first-order valence-electron chi connectivity index (χ1n) is 12.1. The van der Waals surface area contributed by atoms with Gasteiger partial charge in [0.2, 0.25) is 5.91 Å². The molecule has 0 saturated carbocycles. The molecule has 1 saturated heterocycles. The fourth-order valence-corrected chi connectivity index (χ4v) is 6.16. The van der Waals surface area contributed by atoms with Crippen molar-refractivity contribution in [2.24, 2.45) is 0 Å². The Balaban J connectivity index is 1.43. The summed E-state index contributed by atoms with van der Waals surface area (Å²) in [5.41, 5.74) is 4.01. The summed E-state index contributed by atoms with van der Waals surface area (Å²) in [6, 6.07) is 24.0. The molecule has 1 unspecified atom stereocenters. The van der Waals surface area contributed by atoms with Gasteiger partial charge in [0, 0.05) is 39.4 Å². The second-order valence-corrected chi connectivity index (χ2v) is 11.1. The number of benzene rings is 3. The molecule has 4 aromatic rings. The Kier molecular flexibility index (Phi) is 5.69. The summed E-state index contributed by atoms with van der Waals surface area (Å²) in [5.74, 6) is -0.104. The number of amides is 2. The molecule has 0 aliphatic carbocycles. The van der Waals surface area contributed by atoms with E-state index in [2.05, 4.69) is 39.1 Å². The normalized spacial score (nSPS) is 21.6. The predicted molar refractivity (Wildman–Crippen MR) is 145 cm³/mol. The Morgan fingerprint density at radius 3 is 2.50 bits per heavy atom. The van der Waals surface area contributed by atoms with E-state index in [1.807, 2.05) is 61.5 Å². The van der Waals surface area contributed by atoms with Gasteiger partial charge in [0.25, 0.3) is 5.91 Å². The number of hydrogen-bond donors (Lipinski definition) is 1. The molecule has 6 rings (SSSR count). The van der Waals surface area contributed by atoms with Crippen LogP contribution in [0.2, 0.25) is 5.02 Å². The highest BCUT2D eigenvalue weighted by atomic mass is 79.9. The molecule has 0 radical (unpaired) electrons. The van der Waals surface area contributed by atoms with Gasteiger partial charge in [-0.3, -0.25) is 9.59 Å². The SMILES string of the molecule is C[C@]12C(=O)N(CCc3ccc(Cl)cc3)CC(=O)N1CC(c1ccc(Br)cc1)c1c2[nH]c2ccccc12. The smallest absolute Gasteiger partial charge is 0.254 e. The molecule has 3 heterocycles. The largest absolute Gasteiger partial charge is 0.356 e. The number of carbonyl (C=O) groups is 2. The van der Waals surface area contributed by atoms with Crippen molar-refractivity contribution >= 4 is 50.2 Å². The molecule has 3 aromatic carbocycles. The molecule has 1 aromatic heterocycles. The van der Waals surface area contributed by atoms with Crippen LogP contribution in [0.3, 0.4) is 0 Å². The highest BCUT2D eigenvalue weighted by molar-refractivity contribution is 9.10. The van der Waals surface area contributed by atoms with Gasteiger partial charge in [-0.15, -0.1) is 0 Å². The first kappa shape index (κ1) is 23.3. The molecule has 1 N–H and O–H groups in total. The van der Waals surface area contributed by atoms with Gasteiger partial charge in [0.1, 0.15) is 0 Å². The van der Waals surface area contributed by atoms with Crippen LogP contribution in [-0.2, 0) is 21.5 Å². The molecule has 182 valence electrons. The molecule has 5 nitrogen and oxygen atoms in total. The van der Waals surface area contributed by atoms with E-state index < -0.39 is 5.54 Å². The van der Waals surface area contributed by atoms with Gasteiger partial charge >= 0.3 is 0 Å². The van der Waals surface area contributed by atoms with E-state index in [1.54, 1.807) is 9.80 Å². The number of nitrogens with zero attached hydrogens (tertiary/aromatic N) is 2. The quantitative estimate of drug-likeness (QED) is 0.339. The number of nitrogens with one attached hydrogen (secondary N) is 1. The van der Waals surface area contributed by atoms with Crippen molar-refractivity contribution in [3.63, 3.8) is 0 Å². The zero-order valence-corrected chi connectivity index (χ0v) is 22.1. The summed E-state index contributed by atoms with van der Waals surface area (Å²) < 4.78 is 1.01. The first-order valence-corrected chi connectivity index (χ1v) is 13.2. The number of carbonyl (C=O) groups excluding carboxylic acids is 2. The molecule has 1 fully saturated rings. The van der Waals surface area contributed by atoms with Crippen LogP contribution >= 0.6 is 27.5 Å². The number of piperazine rings is 1. The van der Waals surface area contributed by atoms with Crippen LogP contribution in [0, 0.1) is 0 Å². The summed E-state index contributed by atoms with van der Waals surface area (Å²) in [7, 11) is 0. The lowest BCUT2D eigenvalue weighted by Gasteiger charge is -2.51. The molecule has 0 spiro atoms. The van der Waals surface area contributed by atoms with Crippen molar-refractivity contribution in [2.45, 2.75) is 24.8 Å². The molecular weight excluding hydrogens is 538 g/mol. The summed E-state index contributed by atoms with van der Waals surface area (Å²) in [4.78, 5) is 34.8. The zero-order valence-electron chi connectivity index (χ0n) is 19.8. The van der Waals surface area contributed by atoms with Gasteiger partial charge in [0.15, 0.2) is 5.54 Å². The van der Waals surface area contributed by atoms with Crippen LogP contribution in [0.4, 0.5) is 0 Å². The van der Waals surface area contributed by atoms with Crippen molar-refractivity contribution in [3.8, 4) is 0 Å². The lowest BCUT2D eigenvalue weighted by Crippen LogP contribution is -2.67. The lowest BCUT2D eigenvalue weighted by atomic mass is 9.76. The number of aromatic nitrogens is 1. The van der Waals surface area contributed by atoms with Crippen molar-refractivity contribution < 1.29 is 9.59 Å². The minimum Gasteiger partial charge on any atom is -0.356 e. The maximum Gasteiger partial charge on any atom is 0.254 e. The Morgan fingerprint density at radius 1 is 1.03 bits per heavy atom. The third-order valence-corrected chi connectivity index (χ3v) is 8.45. The summed E-state index contributed by atoms with van der Waals surface area (Å²) in [5, 5.41) is 1.78. The number of aromatic amines is 1. The number of halogens is 2. The molecule has 2 atom stereocenters. The van der Waals surface area contributed by atoms with E-state index in [-0.39, 0.29) is 24.3 Å². The van der Waals surface area contributed by atoms with Gasteiger partial charge in [-0.05, 0) is 60.4 Å². The lowest BCUT2D eigenvalue weighted by molar-refractivity contribution is -0.166. The van der Waals surface area contributed by atoms with E-state index >= 15 is 0 Å². The van der Waals surface area contributed by atoms with E-state index in [0.29, 0.717) is 24.5 Å². The van der Waals surface area contributed by atoms with E-state index in [4.69, 9.17) is 11.6 Å². The first-order chi connectivity index (χ1) is 17.4. The monoisotopic (exact) mass is 561 g/mol. The second-order valence-electron chi connectivity index (χ2n) is 9.74. The van der Waals surface area contributed by atoms with Gasteiger partial charge in [0.05, 0.1) is 12.2 Å². The van der Waals surface area contributed by atoms with Crippen LogP contribution in [0.5, 0.6) is 0 Å². The topological polar surface area (TPSA) is 56.4 Å². The number of hydrogen-bond acceptors (Lipinski definition) is 2. The fraction of sp³-hybridized carbons (Fsp3) is 0.241. The maximum absolute atomic E-state index is 14.1. The average molecular weight is 563 g/mol. The van der Waals surface area contributed by atoms with Gasteiger partial charge in [-0.2, -0.15) is 0 Å². The summed E-state index contributed by atoms with van der Waals surface area (Å²) in [6.45, 7) is 2.92.